The van der Waals surface area contributed by atoms with E-state index in [1.54, 1.807) is 24.3 Å². The SMILES string of the molecule is CS(=O)(=O)NC(=O)C(N)Cc1cccc(Cl)c1. The standard InChI is InChI=1S/C10H13ClN2O3S/c1-17(15,16)13-10(14)9(12)6-7-3-2-4-8(11)5-7/h2-5,9H,6,12H2,1H3,(H,13,14). The Morgan fingerprint density at radius 1 is 1.53 bits per heavy atom. The monoisotopic (exact) mass is 276 g/mol. The van der Waals surface area contributed by atoms with Crippen LogP contribution < -0.4 is 10.5 Å². The van der Waals surface area contributed by atoms with Crippen LogP contribution in [0.25, 0.3) is 0 Å². The van der Waals surface area contributed by atoms with Crippen LogP contribution in [0.2, 0.25) is 5.02 Å². The maximum atomic E-state index is 11.4. The molecule has 1 unspecified atom stereocenters. The number of sulfonamides is 1. The molecule has 17 heavy (non-hydrogen) atoms. The first-order valence-corrected chi connectivity index (χ1v) is 7.06. The van der Waals surface area contributed by atoms with Gasteiger partial charge in [-0.25, -0.2) is 8.42 Å². The van der Waals surface area contributed by atoms with Crippen molar-refractivity contribution in [2.24, 2.45) is 5.73 Å². The van der Waals surface area contributed by atoms with Gasteiger partial charge in [0.2, 0.25) is 10.0 Å². The molecule has 0 saturated carbocycles. The van der Waals surface area contributed by atoms with Gasteiger partial charge >= 0.3 is 0 Å². The Balaban J connectivity index is 2.66. The number of rotatable bonds is 4. The van der Waals surface area contributed by atoms with Crippen molar-refractivity contribution in [1.29, 1.82) is 0 Å². The van der Waals surface area contributed by atoms with Crippen LogP contribution in [0.5, 0.6) is 0 Å². The van der Waals surface area contributed by atoms with Gasteiger partial charge in [0.25, 0.3) is 5.91 Å². The van der Waals surface area contributed by atoms with E-state index in [1.165, 1.54) is 0 Å². The minimum Gasteiger partial charge on any atom is -0.320 e. The van der Waals surface area contributed by atoms with Crippen LogP contribution in [0, 0.1) is 0 Å². The van der Waals surface area contributed by atoms with E-state index in [0.717, 1.165) is 11.8 Å². The first kappa shape index (κ1) is 14.0. The van der Waals surface area contributed by atoms with Crippen LogP contribution in [0.4, 0.5) is 0 Å². The number of carbonyl (C=O) groups excluding carboxylic acids is 1. The number of amides is 1. The van der Waals surface area contributed by atoms with Gasteiger partial charge in [-0.2, -0.15) is 0 Å². The molecule has 1 rings (SSSR count). The van der Waals surface area contributed by atoms with Gasteiger partial charge < -0.3 is 5.73 Å². The Kier molecular flexibility index (Phi) is 4.50. The van der Waals surface area contributed by atoms with E-state index >= 15 is 0 Å². The van der Waals surface area contributed by atoms with Crippen LogP contribution in [0.3, 0.4) is 0 Å². The topological polar surface area (TPSA) is 89.3 Å². The maximum Gasteiger partial charge on any atom is 0.250 e. The maximum absolute atomic E-state index is 11.4. The van der Waals surface area contributed by atoms with Crippen LogP contribution in [0.1, 0.15) is 5.56 Å². The van der Waals surface area contributed by atoms with Crippen molar-refractivity contribution in [2.45, 2.75) is 12.5 Å². The number of hydrogen-bond donors (Lipinski definition) is 2. The Labute approximate surface area is 105 Å². The normalized spacial score (nSPS) is 13.1. The molecule has 1 amide bonds. The third-order valence-electron chi connectivity index (χ3n) is 1.97. The van der Waals surface area contributed by atoms with Crippen LogP contribution in [0.15, 0.2) is 24.3 Å². The molecule has 94 valence electrons. The summed E-state index contributed by atoms with van der Waals surface area (Å²) in [4.78, 5) is 11.4. The lowest BCUT2D eigenvalue weighted by Gasteiger charge is -2.11. The van der Waals surface area contributed by atoms with Crippen molar-refractivity contribution in [2.75, 3.05) is 6.26 Å². The Bertz CT molecular complexity index is 516. The average molecular weight is 277 g/mol. The lowest BCUT2D eigenvalue weighted by molar-refractivity contribution is -0.120. The highest BCUT2D eigenvalue weighted by molar-refractivity contribution is 7.89. The van der Waals surface area contributed by atoms with Gasteiger partial charge in [0.1, 0.15) is 0 Å². The Morgan fingerprint density at radius 3 is 2.71 bits per heavy atom. The fourth-order valence-electron chi connectivity index (χ4n) is 1.27. The molecule has 1 aromatic carbocycles. The highest BCUT2D eigenvalue weighted by Crippen LogP contribution is 2.11. The van der Waals surface area contributed by atoms with Crippen molar-refractivity contribution in [1.82, 2.24) is 4.72 Å². The largest absolute Gasteiger partial charge is 0.320 e. The molecule has 0 bridgehead atoms. The quantitative estimate of drug-likeness (QED) is 0.827. The molecule has 3 N–H and O–H groups in total. The molecule has 0 aliphatic carbocycles. The summed E-state index contributed by atoms with van der Waals surface area (Å²) in [5, 5.41) is 0.540. The van der Waals surface area contributed by atoms with Gasteiger partial charge in [0, 0.05) is 5.02 Å². The molecule has 5 nitrogen and oxygen atoms in total. The van der Waals surface area contributed by atoms with Crippen molar-refractivity contribution in [3.05, 3.63) is 34.9 Å². The zero-order valence-corrected chi connectivity index (χ0v) is 10.8. The van der Waals surface area contributed by atoms with E-state index in [9.17, 15) is 13.2 Å². The first-order chi connectivity index (χ1) is 7.78. The Morgan fingerprint density at radius 2 is 2.18 bits per heavy atom. The van der Waals surface area contributed by atoms with Crippen molar-refractivity contribution >= 4 is 27.5 Å². The number of hydrogen-bond acceptors (Lipinski definition) is 4. The zero-order chi connectivity index (χ0) is 13.1. The van der Waals surface area contributed by atoms with E-state index < -0.39 is 22.0 Å². The van der Waals surface area contributed by atoms with Crippen molar-refractivity contribution in [3.63, 3.8) is 0 Å². The van der Waals surface area contributed by atoms with Gasteiger partial charge in [-0.15, -0.1) is 0 Å². The van der Waals surface area contributed by atoms with Crippen LogP contribution >= 0.6 is 11.6 Å². The number of halogens is 1. The lowest BCUT2D eigenvalue weighted by atomic mass is 10.1. The summed E-state index contributed by atoms with van der Waals surface area (Å²) < 4.78 is 23.5. The number of nitrogens with two attached hydrogens (primary N) is 1. The summed E-state index contributed by atoms with van der Waals surface area (Å²) in [6, 6.07) is 5.95. The minimum absolute atomic E-state index is 0.224. The molecular formula is C10H13ClN2O3S. The van der Waals surface area contributed by atoms with Gasteiger partial charge in [-0.3, -0.25) is 9.52 Å². The molecule has 0 saturated heterocycles. The van der Waals surface area contributed by atoms with Gasteiger partial charge in [-0.05, 0) is 24.1 Å². The highest BCUT2D eigenvalue weighted by Gasteiger charge is 2.17. The average Bonchev–Trinajstić information content (AvgIpc) is 2.14. The van der Waals surface area contributed by atoms with E-state index in [1.807, 2.05) is 4.72 Å². The predicted molar refractivity (Wildman–Crippen MR) is 66.1 cm³/mol. The van der Waals surface area contributed by atoms with Gasteiger partial charge in [-0.1, -0.05) is 23.7 Å². The van der Waals surface area contributed by atoms with Crippen molar-refractivity contribution in [3.8, 4) is 0 Å². The number of carbonyl (C=O) groups is 1. The molecular weight excluding hydrogens is 264 g/mol. The molecule has 0 heterocycles. The summed E-state index contributed by atoms with van der Waals surface area (Å²) in [5.41, 5.74) is 6.36. The van der Waals surface area contributed by atoms with E-state index in [-0.39, 0.29) is 6.42 Å². The molecule has 0 spiro atoms. The zero-order valence-electron chi connectivity index (χ0n) is 9.18. The second-order valence-corrected chi connectivity index (χ2v) is 5.86. The van der Waals surface area contributed by atoms with E-state index in [2.05, 4.69) is 0 Å². The molecule has 0 aromatic heterocycles. The molecule has 7 heteroatoms. The second kappa shape index (κ2) is 5.48. The fourth-order valence-corrected chi connectivity index (χ4v) is 2.00. The fraction of sp³-hybridized carbons (Fsp3) is 0.300. The third kappa shape index (κ3) is 5.16. The molecule has 1 aromatic rings. The summed E-state index contributed by atoms with van der Waals surface area (Å²) >= 11 is 5.78. The molecule has 0 fully saturated rings. The number of benzene rings is 1. The smallest absolute Gasteiger partial charge is 0.250 e. The molecule has 0 radical (unpaired) electrons. The van der Waals surface area contributed by atoms with Crippen LogP contribution in [-0.4, -0.2) is 26.6 Å². The lowest BCUT2D eigenvalue weighted by Crippen LogP contribution is -2.44. The second-order valence-electron chi connectivity index (χ2n) is 3.68. The molecule has 0 aliphatic heterocycles. The van der Waals surface area contributed by atoms with E-state index in [4.69, 9.17) is 17.3 Å². The summed E-state index contributed by atoms with van der Waals surface area (Å²) in [5.74, 6) is -0.729. The molecule has 1 atom stereocenters. The van der Waals surface area contributed by atoms with Gasteiger partial charge in [0.15, 0.2) is 0 Å². The minimum atomic E-state index is -3.57. The highest BCUT2D eigenvalue weighted by atomic mass is 35.5. The summed E-state index contributed by atoms with van der Waals surface area (Å²) in [6.45, 7) is 0. The predicted octanol–water partition coefficient (Wildman–Crippen LogP) is 0.286. The Hall–Kier alpha value is -1.11. The number of nitrogens with one attached hydrogen (secondary N) is 1. The third-order valence-corrected chi connectivity index (χ3v) is 2.77. The van der Waals surface area contributed by atoms with Crippen molar-refractivity contribution < 1.29 is 13.2 Å². The summed E-state index contributed by atoms with van der Waals surface area (Å²) in [6.07, 6.45) is 1.12. The first-order valence-electron chi connectivity index (χ1n) is 4.79. The molecule has 0 aliphatic rings. The van der Waals surface area contributed by atoms with Gasteiger partial charge in [0.05, 0.1) is 12.3 Å². The summed E-state index contributed by atoms with van der Waals surface area (Å²) in [7, 11) is -3.57. The van der Waals surface area contributed by atoms with Crippen LogP contribution in [-0.2, 0) is 21.2 Å². The van der Waals surface area contributed by atoms with E-state index in [0.29, 0.717) is 5.02 Å².